The largest absolute Gasteiger partial charge is 0.489 e. The number of rotatable bonds is 3. The summed E-state index contributed by atoms with van der Waals surface area (Å²) in [4.78, 5) is 17.5. The zero-order valence-electron chi connectivity index (χ0n) is 18.7. The lowest BCUT2D eigenvalue weighted by Gasteiger charge is -2.43. The third-order valence-electron chi connectivity index (χ3n) is 8.29. The van der Waals surface area contributed by atoms with E-state index in [1.807, 2.05) is 36.4 Å². The first kappa shape index (κ1) is 21.0. The molecule has 5 nitrogen and oxygen atoms in total. The molecule has 1 amide bonds. The van der Waals surface area contributed by atoms with Crippen molar-refractivity contribution in [2.45, 2.75) is 49.8 Å². The van der Waals surface area contributed by atoms with Crippen LogP contribution >= 0.6 is 11.6 Å². The minimum absolute atomic E-state index is 0.0342. The van der Waals surface area contributed by atoms with E-state index in [-0.39, 0.29) is 18.6 Å². The minimum Gasteiger partial charge on any atom is -0.489 e. The molecule has 33 heavy (non-hydrogen) atoms. The third kappa shape index (κ3) is 3.27. The maximum absolute atomic E-state index is 13.2. The van der Waals surface area contributed by atoms with Gasteiger partial charge in [0, 0.05) is 41.4 Å². The van der Waals surface area contributed by atoms with E-state index in [4.69, 9.17) is 21.4 Å². The molecule has 170 valence electrons. The second-order valence-corrected chi connectivity index (χ2v) is 10.1. The second kappa shape index (κ2) is 7.77. The van der Waals surface area contributed by atoms with Crippen molar-refractivity contribution in [2.24, 2.45) is 5.92 Å². The Hall–Kier alpha value is -2.52. The second-order valence-electron chi connectivity index (χ2n) is 9.72. The average Bonchev–Trinajstić information content (AvgIpc) is 3.42. The van der Waals surface area contributed by atoms with E-state index in [9.17, 15) is 4.79 Å². The number of aliphatic hydroxyl groups is 1. The van der Waals surface area contributed by atoms with Crippen molar-refractivity contribution in [1.29, 1.82) is 0 Å². The van der Waals surface area contributed by atoms with Crippen LogP contribution in [0.15, 0.2) is 36.4 Å². The molecule has 2 aliphatic carbocycles. The van der Waals surface area contributed by atoms with Gasteiger partial charge in [0.25, 0.3) is 5.91 Å². The summed E-state index contributed by atoms with van der Waals surface area (Å²) in [7, 11) is 2.25. The lowest BCUT2D eigenvalue weighted by molar-refractivity contribution is 0.0655. The van der Waals surface area contributed by atoms with E-state index in [1.54, 1.807) is 4.90 Å². The lowest BCUT2D eigenvalue weighted by atomic mass is 9.64. The standard InChI is InChI=1S/C27H27ClN2O3/c1-29-25-16-21(14-19-8-10-27(19,25)29)33-24-7-5-20(15-23(24)28)30-11-9-18-13-17(3-2-12-31)4-6-22(18)26(30)32/h4-7,13,15,19,21,25,31H,8-12,14,16H2,1H3/t19-,21+,25-,27?,29?/m1/s1. The summed E-state index contributed by atoms with van der Waals surface area (Å²) in [5, 5.41) is 9.45. The Morgan fingerprint density at radius 1 is 1.24 bits per heavy atom. The van der Waals surface area contributed by atoms with Crippen molar-refractivity contribution in [3.8, 4) is 17.6 Å². The Morgan fingerprint density at radius 3 is 2.85 bits per heavy atom. The average molecular weight is 463 g/mol. The molecule has 1 N–H and O–H groups in total. The van der Waals surface area contributed by atoms with Crippen LogP contribution in [0.4, 0.5) is 5.69 Å². The van der Waals surface area contributed by atoms with Crippen molar-refractivity contribution >= 4 is 23.2 Å². The number of likely N-dealkylation sites (tertiary alicyclic amines) is 1. The van der Waals surface area contributed by atoms with Gasteiger partial charge in [-0.25, -0.2) is 0 Å². The van der Waals surface area contributed by atoms with Crippen LogP contribution in [-0.4, -0.2) is 53.8 Å². The van der Waals surface area contributed by atoms with E-state index in [2.05, 4.69) is 23.8 Å². The number of aliphatic hydroxyl groups excluding tert-OH is 1. The van der Waals surface area contributed by atoms with Crippen molar-refractivity contribution < 1.29 is 14.6 Å². The van der Waals surface area contributed by atoms with Crippen LogP contribution in [0.1, 0.15) is 47.2 Å². The molecule has 6 heteroatoms. The Kier molecular flexibility index (Phi) is 4.95. The van der Waals surface area contributed by atoms with Gasteiger partial charge in [0.1, 0.15) is 18.5 Å². The number of benzene rings is 2. The molecule has 2 aromatic carbocycles. The van der Waals surface area contributed by atoms with Crippen LogP contribution in [0.3, 0.4) is 0 Å². The number of carbonyl (C=O) groups is 1. The molecule has 2 aliphatic heterocycles. The highest BCUT2D eigenvalue weighted by Crippen LogP contribution is 2.64. The van der Waals surface area contributed by atoms with Gasteiger partial charge in [-0.2, -0.15) is 0 Å². The fourth-order valence-corrected chi connectivity index (χ4v) is 6.66. The van der Waals surface area contributed by atoms with Gasteiger partial charge in [-0.05, 0) is 80.6 Å². The number of halogens is 1. The highest BCUT2D eigenvalue weighted by molar-refractivity contribution is 6.32. The fraction of sp³-hybridized carbons (Fsp3) is 0.444. The Morgan fingerprint density at radius 2 is 2.12 bits per heavy atom. The maximum atomic E-state index is 13.2. The van der Waals surface area contributed by atoms with Gasteiger partial charge < -0.3 is 14.7 Å². The Bertz CT molecular complexity index is 1190. The molecule has 2 saturated carbocycles. The molecular weight excluding hydrogens is 436 g/mol. The van der Waals surface area contributed by atoms with Gasteiger partial charge in [0.15, 0.2) is 0 Å². The number of hydrogen-bond acceptors (Lipinski definition) is 4. The molecule has 0 bridgehead atoms. The molecule has 2 aromatic rings. The van der Waals surface area contributed by atoms with Gasteiger partial charge >= 0.3 is 0 Å². The van der Waals surface area contributed by atoms with E-state index < -0.39 is 0 Å². The van der Waals surface area contributed by atoms with E-state index in [0.717, 1.165) is 42.0 Å². The summed E-state index contributed by atoms with van der Waals surface area (Å²) in [5.41, 5.74) is 3.77. The summed E-state index contributed by atoms with van der Waals surface area (Å²) < 4.78 is 6.36. The summed E-state index contributed by atoms with van der Waals surface area (Å²) in [5.74, 6) is 6.99. The molecule has 0 aromatic heterocycles. The number of nitrogens with zero attached hydrogens (tertiary/aromatic N) is 2. The third-order valence-corrected chi connectivity index (χ3v) is 8.58. The molecule has 6 rings (SSSR count). The van der Waals surface area contributed by atoms with E-state index in [0.29, 0.717) is 34.5 Å². The minimum atomic E-state index is -0.177. The SMILES string of the molecule is CN1[C@@H]2C[C@@H](Oc3ccc(N4CCc5cc(C#CCO)ccc5C4=O)cc3Cl)C[C@H]3CCC321. The highest BCUT2D eigenvalue weighted by atomic mass is 35.5. The molecule has 2 unspecified atom stereocenters. The lowest BCUT2D eigenvalue weighted by Crippen LogP contribution is -2.46. The Labute approximate surface area is 199 Å². The number of likely N-dealkylation sites (N-methyl/N-ethyl adjacent to an activating group) is 1. The van der Waals surface area contributed by atoms with Crippen molar-refractivity contribution in [2.75, 3.05) is 25.1 Å². The number of ether oxygens (including phenoxy) is 1. The summed E-state index contributed by atoms with van der Waals surface area (Å²) in [6.45, 7) is 0.406. The molecule has 2 heterocycles. The zero-order valence-corrected chi connectivity index (χ0v) is 19.4. The molecule has 0 radical (unpaired) electrons. The first-order chi connectivity index (χ1) is 16.0. The molecule has 3 fully saturated rings. The topological polar surface area (TPSA) is 52.8 Å². The molecular formula is C27H27ClN2O3. The first-order valence-corrected chi connectivity index (χ1v) is 12.1. The highest BCUT2D eigenvalue weighted by Gasteiger charge is 2.71. The summed E-state index contributed by atoms with van der Waals surface area (Å²) in [6, 6.07) is 11.9. The van der Waals surface area contributed by atoms with Crippen molar-refractivity contribution in [3.63, 3.8) is 0 Å². The number of amides is 1. The van der Waals surface area contributed by atoms with Crippen LogP contribution in [0.5, 0.6) is 5.75 Å². The predicted octanol–water partition coefficient (Wildman–Crippen LogP) is 3.89. The monoisotopic (exact) mass is 462 g/mol. The van der Waals surface area contributed by atoms with Crippen molar-refractivity contribution in [1.82, 2.24) is 4.90 Å². The van der Waals surface area contributed by atoms with E-state index in [1.165, 1.54) is 12.8 Å². The summed E-state index contributed by atoms with van der Waals surface area (Å²) >= 11 is 6.63. The molecule has 1 spiro atoms. The fourth-order valence-electron chi connectivity index (χ4n) is 6.44. The molecule has 4 aliphatic rings. The summed E-state index contributed by atoms with van der Waals surface area (Å²) in [6.07, 6.45) is 5.76. The molecule has 5 atom stereocenters. The predicted molar refractivity (Wildman–Crippen MR) is 128 cm³/mol. The van der Waals surface area contributed by atoms with Gasteiger partial charge in [-0.1, -0.05) is 23.4 Å². The number of carbonyl (C=O) groups excluding carboxylic acids is 1. The van der Waals surface area contributed by atoms with Gasteiger partial charge in [-0.3, -0.25) is 9.69 Å². The van der Waals surface area contributed by atoms with Gasteiger partial charge in [0.05, 0.1) is 5.02 Å². The van der Waals surface area contributed by atoms with Gasteiger partial charge in [-0.15, -0.1) is 0 Å². The first-order valence-electron chi connectivity index (χ1n) is 11.7. The normalized spacial score (nSPS) is 31.4. The van der Waals surface area contributed by atoms with E-state index >= 15 is 0 Å². The van der Waals surface area contributed by atoms with Crippen LogP contribution in [0.2, 0.25) is 5.02 Å². The van der Waals surface area contributed by atoms with Crippen LogP contribution in [0, 0.1) is 17.8 Å². The molecule has 1 saturated heterocycles. The maximum Gasteiger partial charge on any atom is 0.258 e. The quantitative estimate of drug-likeness (QED) is 0.555. The Balaban J connectivity index is 1.17. The number of hydrogen-bond donors (Lipinski definition) is 1. The zero-order chi connectivity index (χ0) is 22.7. The van der Waals surface area contributed by atoms with Crippen LogP contribution in [-0.2, 0) is 6.42 Å². The van der Waals surface area contributed by atoms with Gasteiger partial charge in [0.2, 0.25) is 0 Å². The van der Waals surface area contributed by atoms with Crippen LogP contribution in [0.25, 0.3) is 0 Å². The van der Waals surface area contributed by atoms with Crippen LogP contribution < -0.4 is 9.64 Å². The smallest absolute Gasteiger partial charge is 0.258 e. The number of anilines is 1. The number of fused-ring (bicyclic) bond motifs is 1. The van der Waals surface area contributed by atoms with Crippen molar-refractivity contribution in [3.05, 3.63) is 58.1 Å².